The van der Waals surface area contributed by atoms with Crippen LogP contribution in [0.5, 0.6) is 0 Å². The molecule has 3 rings (SSSR count). The highest BCUT2D eigenvalue weighted by Gasteiger charge is 2.30. The quantitative estimate of drug-likeness (QED) is 0.901. The molecule has 1 fully saturated rings. The number of hydrogen-bond donors (Lipinski definition) is 1. The number of rotatable bonds is 3. The number of hydrogen-bond acceptors (Lipinski definition) is 3. The molecule has 0 bridgehead atoms. The summed E-state index contributed by atoms with van der Waals surface area (Å²) in [5, 5.41) is 10.2. The summed E-state index contributed by atoms with van der Waals surface area (Å²) in [4.78, 5) is 16.2. The van der Waals surface area contributed by atoms with Gasteiger partial charge in [0, 0.05) is 5.92 Å². The summed E-state index contributed by atoms with van der Waals surface area (Å²) in [7, 11) is 0. The van der Waals surface area contributed by atoms with Crippen LogP contribution in [-0.4, -0.2) is 16.1 Å². The van der Waals surface area contributed by atoms with Crippen LogP contribution < -0.4 is 0 Å². The van der Waals surface area contributed by atoms with Crippen molar-refractivity contribution in [2.24, 2.45) is 0 Å². The molecule has 4 heteroatoms. The smallest absolute Gasteiger partial charge is 0.356 e. The third-order valence-electron chi connectivity index (χ3n) is 2.81. The molecule has 1 saturated carbocycles. The predicted octanol–water partition coefficient (Wildman–Crippen LogP) is 3.39. The van der Waals surface area contributed by atoms with E-state index in [1.807, 2.05) is 30.3 Å². The molecule has 1 aliphatic carbocycles. The van der Waals surface area contributed by atoms with E-state index in [0.29, 0.717) is 5.92 Å². The highest BCUT2D eigenvalue weighted by Crippen LogP contribution is 2.44. The number of nitrogens with zero attached hydrogens (tertiary/aromatic N) is 1. The van der Waals surface area contributed by atoms with Gasteiger partial charge in [-0.3, -0.25) is 0 Å². The minimum Gasteiger partial charge on any atom is -0.476 e. The molecule has 1 aliphatic rings. The van der Waals surface area contributed by atoms with E-state index in [0.717, 1.165) is 28.3 Å². The van der Waals surface area contributed by atoms with Crippen molar-refractivity contribution in [1.82, 2.24) is 4.98 Å². The van der Waals surface area contributed by atoms with E-state index in [1.165, 1.54) is 11.3 Å². The average molecular weight is 245 g/mol. The minimum atomic E-state index is -0.938. The van der Waals surface area contributed by atoms with Gasteiger partial charge in [0.25, 0.3) is 0 Å². The van der Waals surface area contributed by atoms with E-state index in [-0.39, 0.29) is 5.69 Å². The summed E-state index contributed by atoms with van der Waals surface area (Å²) in [5.41, 5.74) is 1.14. The molecule has 1 N–H and O–H groups in total. The van der Waals surface area contributed by atoms with Crippen molar-refractivity contribution in [3.63, 3.8) is 0 Å². The van der Waals surface area contributed by atoms with Gasteiger partial charge in [0.05, 0.1) is 9.88 Å². The monoisotopic (exact) mass is 245 g/mol. The second-order valence-electron chi connectivity index (χ2n) is 4.18. The lowest BCUT2D eigenvalue weighted by Crippen LogP contribution is -1.98. The van der Waals surface area contributed by atoms with Crippen molar-refractivity contribution in [3.8, 4) is 10.4 Å². The minimum absolute atomic E-state index is 0.197. The van der Waals surface area contributed by atoms with Crippen molar-refractivity contribution in [1.29, 1.82) is 0 Å². The molecule has 3 nitrogen and oxygen atoms in total. The van der Waals surface area contributed by atoms with Crippen LogP contribution in [0.1, 0.15) is 34.3 Å². The second-order valence-corrected chi connectivity index (χ2v) is 5.21. The number of carboxylic acids is 1. The Labute approximate surface area is 103 Å². The van der Waals surface area contributed by atoms with E-state index < -0.39 is 5.97 Å². The van der Waals surface area contributed by atoms with Crippen molar-refractivity contribution in [2.45, 2.75) is 18.8 Å². The van der Waals surface area contributed by atoms with Crippen LogP contribution in [0, 0.1) is 0 Å². The third-order valence-corrected chi connectivity index (χ3v) is 4.08. The second kappa shape index (κ2) is 3.96. The molecule has 1 heterocycles. The molecule has 0 amide bonds. The van der Waals surface area contributed by atoms with Gasteiger partial charge < -0.3 is 5.11 Å². The highest BCUT2D eigenvalue weighted by molar-refractivity contribution is 7.15. The standard InChI is InChI=1S/C13H11NO2S/c15-13(16)10-11(8-4-2-1-3-5-8)17-12(14-10)9-6-7-9/h1-5,9H,6-7H2,(H,15,16). The van der Waals surface area contributed by atoms with Gasteiger partial charge in [-0.2, -0.15) is 0 Å². The largest absolute Gasteiger partial charge is 0.476 e. The Hall–Kier alpha value is -1.68. The number of thiazole rings is 1. The maximum absolute atomic E-state index is 11.2. The SMILES string of the molecule is O=C(O)c1nc(C2CC2)sc1-c1ccccc1. The molecule has 1 aromatic carbocycles. The van der Waals surface area contributed by atoms with E-state index in [4.69, 9.17) is 0 Å². The van der Waals surface area contributed by atoms with Crippen LogP contribution in [-0.2, 0) is 0 Å². The fourth-order valence-electron chi connectivity index (χ4n) is 1.77. The molecule has 1 aromatic heterocycles. The summed E-state index contributed by atoms with van der Waals surface area (Å²) in [6.45, 7) is 0. The first kappa shape index (κ1) is 10.5. The first-order valence-corrected chi connectivity index (χ1v) is 6.37. The average Bonchev–Trinajstić information content (AvgIpc) is 3.09. The van der Waals surface area contributed by atoms with E-state index in [2.05, 4.69) is 4.98 Å². The van der Waals surface area contributed by atoms with E-state index in [9.17, 15) is 9.90 Å². The van der Waals surface area contributed by atoms with Gasteiger partial charge in [-0.15, -0.1) is 11.3 Å². The van der Waals surface area contributed by atoms with Crippen LogP contribution in [0.25, 0.3) is 10.4 Å². The van der Waals surface area contributed by atoms with E-state index >= 15 is 0 Å². The summed E-state index contributed by atoms with van der Waals surface area (Å²) < 4.78 is 0. The zero-order valence-electron chi connectivity index (χ0n) is 9.09. The molecule has 0 atom stereocenters. The summed E-state index contributed by atoms with van der Waals surface area (Å²) in [6, 6.07) is 9.61. The van der Waals surface area contributed by atoms with Crippen molar-refractivity contribution >= 4 is 17.3 Å². The summed E-state index contributed by atoms with van der Waals surface area (Å²) in [5.74, 6) is -0.442. The van der Waals surface area contributed by atoms with Gasteiger partial charge in [-0.1, -0.05) is 30.3 Å². The van der Waals surface area contributed by atoms with Gasteiger partial charge in [0.2, 0.25) is 0 Å². The van der Waals surface area contributed by atoms with Gasteiger partial charge in [-0.25, -0.2) is 9.78 Å². The molecular formula is C13H11NO2S. The van der Waals surface area contributed by atoms with E-state index in [1.54, 1.807) is 0 Å². The highest BCUT2D eigenvalue weighted by atomic mass is 32.1. The van der Waals surface area contributed by atoms with Crippen LogP contribution in [0.3, 0.4) is 0 Å². The Bertz CT molecular complexity index is 558. The first-order valence-electron chi connectivity index (χ1n) is 5.55. The molecule has 0 aliphatic heterocycles. The molecular weight excluding hydrogens is 234 g/mol. The first-order chi connectivity index (χ1) is 8.25. The Morgan fingerprint density at radius 2 is 2.00 bits per heavy atom. The summed E-state index contributed by atoms with van der Waals surface area (Å²) >= 11 is 1.52. The molecule has 2 aromatic rings. The number of carboxylic acid groups (broad SMARTS) is 1. The number of aromatic nitrogens is 1. The van der Waals surface area contributed by atoms with Gasteiger partial charge in [-0.05, 0) is 18.4 Å². The Balaban J connectivity index is 2.10. The van der Waals surface area contributed by atoms with Crippen LogP contribution >= 0.6 is 11.3 Å². The number of aromatic carboxylic acids is 1. The third kappa shape index (κ3) is 1.96. The van der Waals surface area contributed by atoms with Crippen molar-refractivity contribution in [3.05, 3.63) is 41.0 Å². The van der Waals surface area contributed by atoms with Gasteiger partial charge in [0.15, 0.2) is 5.69 Å². The maximum atomic E-state index is 11.2. The molecule has 0 spiro atoms. The predicted molar refractivity (Wildman–Crippen MR) is 66.5 cm³/mol. The number of carbonyl (C=O) groups is 1. The van der Waals surface area contributed by atoms with Gasteiger partial charge in [0.1, 0.15) is 0 Å². The fraction of sp³-hybridized carbons (Fsp3) is 0.231. The Morgan fingerprint density at radius 1 is 1.29 bits per heavy atom. The lowest BCUT2D eigenvalue weighted by Gasteiger charge is -1.97. The topological polar surface area (TPSA) is 50.2 Å². The lowest BCUT2D eigenvalue weighted by molar-refractivity contribution is 0.0692. The molecule has 0 unspecified atom stereocenters. The molecule has 86 valence electrons. The normalized spacial score (nSPS) is 14.8. The van der Waals surface area contributed by atoms with Crippen LogP contribution in [0.2, 0.25) is 0 Å². The zero-order chi connectivity index (χ0) is 11.8. The fourth-order valence-corrected chi connectivity index (χ4v) is 3.00. The molecule has 0 radical (unpaired) electrons. The number of benzene rings is 1. The van der Waals surface area contributed by atoms with Crippen molar-refractivity contribution in [2.75, 3.05) is 0 Å². The molecule has 0 saturated heterocycles. The Morgan fingerprint density at radius 3 is 2.59 bits per heavy atom. The summed E-state index contributed by atoms with van der Waals surface area (Å²) in [6.07, 6.45) is 2.28. The molecule has 17 heavy (non-hydrogen) atoms. The van der Waals surface area contributed by atoms with Gasteiger partial charge >= 0.3 is 5.97 Å². The van der Waals surface area contributed by atoms with Crippen LogP contribution in [0.4, 0.5) is 0 Å². The maximum Gasteiger partial charge on any atom is 0.356 e. The van der Waals surface area contributed by atoms with Crippen molar-refractivity contribution < 1.29 is 9.90 Å². The zero-order valence-corrected chi connectivity index (χ0v) is 9.91. The Kier molecular flexibility index (Phi) is 2.44. The lowest BCUT2D eigenvalue weighted by atomic mass is 10.1. The van der Waals surface area contributed by atoms with Crippen LogP contribution in [0.15, 0.2) is 30.3 Å².